The van der Waals surface area contributed by atoms with E-state index in [-0.39, 0.29) is 0 Å². The van der Waals surface area contributed by atoms with Gasteiger partial charge in [0.15, 0.2) is 0 Å². The zero-order valence-corrected chi connectivity index (χ0v) is 11.3. The quantitative estimate of drug-likeness (QED) is 0.640. The molecule has 1 heterocycles. The molecule has 1 atom stereocenters. The highest BCUT2D eigenvalue weighted by atomic mass is 15.1. The minimum Gasteiger partial charge on any atom is -0.313 e. The fourth-order valence-corrected chi connectivity index (χ4v) is 2.53. The molecule has 1 fully saturated rings. The Morgan fingerprint density at radius 3 is 2.62 bits per heavy atom. The van der Waals surface area contributed by atoms with E-state index in [1.807, 2.05) is 0 Å². The van der Waals surface area contributed by atoms with Gasteiger partial charge in [-0.3, -0.25) is 0 Å². The van der Waals surface area contributed by atoms with Crippen LogP contribution in [-0.4, -0.2) is 37.6 Å². The Kier molecular flexibility index (Phi) is 7.87. The number of hydrogen-bond donors (Lipinski definition) is 1. The summed E-state index contributed by atoms with van der Waals surface area (Å²) in [5.41, 5.74) is 0. The van der Waals surface area contributed by atoms with Gasteiger partial charge in [0.25, 0.3) is 0 Å². The van der Waals surface area contributed by atoms with Crippen LogP contribution in [0.2, 0.25) is 0 Å². The maximum Gasteiger partial charge on any atom is 0.0194 e. The smallest absolute Gasteiger partial charge is 0.0194 e. The third kappa shape index (κ3) is 6.49. The summed E-state index contributed by atoms with van der Waals surface area (Å²) in [7, 11) is 2.27. The van der Waals surface area contributed by atoms with Gasteiger partial charge in [-0.1, -0.05) is 39.0 Å². The van der Waals surface area contributed by atoms with Crippen molar-refractivity contribution < 1.29 is 0 Å². The molecule has 16 heavy (non-hydrogen) atoms. The van der Waals surface area contributed by atoms with Crippen LogP contribution in [0.5, 0.6) is 0 Å². The monoisotopic (exact) mass is 226 g/mol. The second-order valence-electron chi connectivity index (χ2n) is 5.32. The Labute approximate surface area is 102 Å². The normalized spacial score (nSPS) is 21.6. The standard InChI is InChI=1S/C14H30N2/c1-3-4-5-6-9-12-16(2)13-14-10-7-8-11-15-14/h14-15H,3-13H2,1-2H3. The predicted octanol–water partition coefficient (Wildman–Crippen LogP) is 3.03. The van der Waals surface area contributed by atoms with Crippen molar-refractivity contribution in [1.82, 2.24) is 10.2 Å². The molecule has 0 radical (unpaired) electrons. The Morgan fingerprint density at radius 1 is 1.12 bits per heavy atom. The molecule has 0 saturated carbocycles. The lowest BCUT2D eigenvalue weighted by Crippen LogP contribution is -2.42. The van der Waals surface area contributed by atoms with Gasteiger partial charge in [-0.25, -0.2) is 0 Å². The van der Waals surface area contributed by atoms with Gasteiger partial charge in [0.1, 0.15) is 0 Å². The van der Waals surface area contributed by atoms with E-state index in [2.05, 4.69) is 24.2 Å². The average molecular weight is 226 g/mol. The summed E-state index contributed by atoms with van der Waals surface area (Å²) in [4.78, 5) is 2.51. The zero-order chi connectivity index (χ0) is 11.6. The summed E-state index contributed by atoms with van der Waals surface area (Å²) >= 11 is 0. The summed E-state index contributed by atoms with van der Waals surface area (Å²) in [5.74, 6) is 0. The Hall–Kier alpha value is -0.0800. The third-order valence-electron chi connectivity index (χ3n) is 3.59. The fourth-order valence-electron chi connectivity index (χ4n) is 2.53. The van der Waals surface area contributed by atoms with Crippen molar-refractivity contribution >= 4 is 0 Å². The average Bonchev–Trinajstić information content (AvgIpc) is 2.30. The third-order valence-corrected chi connectivity index (χ3v) is 3.59. The first kappa shape index (κ1) is 14.0. The van der Waals surface area contributed by atoms with E-state index in [1.165, 1.54) is 71.0 Å². The van der Waals surface area contributed by atoms with Crippen LogP contribution in [0, 0.1) is 0 Å². The van der Waals surface area contributed by atoms with Gasteiger partial charge in [0.2, 0.25) is 0 Å². The van der Waals surface area contributed by atoms with Crippen LogP contribution in [0.4, 0.5) is 0 Å². The molecule has 0 aromatic rings. The van der Waals surface area contributed by atoms with Crippen molar-refractivity contribution in [2.45, 2.75) is 64.3 Å². The molecule has 2 nitrogen and oxygen atoms in total. The lowest BCUT2D eigenvalue weighted by atomic mass is 10.0. The van der Waals surface area contributed by atoms with Gasteiger partial charge in [-0.15, -0.1) is 0 Å². The van der Waals surface area contributed by atoms with Gasteiger partial charge < -0.3 is 10.2 Å². The van der Waals surface area contributed by atoms with Crippen LogP contribution in [0.3, 0.4) is 0 Å². The molecule has 96 valence electrons. The lowest BCUT2D eigenvalue weighted by Gasteiger charge is -2.28. The molecule has 2 heteroatoms. The molecule has 1 unspecified atom stereocenters. The van der Waals surface area contributed by atoms with Gasteiger partial charge in [-0.2, -0.15) is 0 Å². The van der Waals surface area contributed by atoms with E-state index in [9.17, 15) is 0 Å². The summed E-state index contributed by atoms with van der Waals surface area (Å²) in [5, 5.41) is 3.62. The van der Waals surface area contributed by atoms with Crippen LogP contribution in [-0.2, 0) is 0 Å². The maximum atomic E-state index is 3.62. The van der Waals surface area contributed by atoms with Crippen LogP contribution >= 0.6 is 0 Å². The minimum atomic E-state index is 0.759. The van der Waals surface area contributed by atoms with Crippen molar-refractivity contribution in [2.24, 2.45) is 0 Å². The van der Waals surface area contributed by atoms with Crippen molar-refractivity contribution in [2.75, 3.05) is 26.7 Å². The first-order valence-corrected chi connectivity index (χ1v) is 7.25. The van der Waals surface area contributed by atoms with E-state index in [1.54, 1.807) is 0 Å². The van der Waals surface area contributed by atoms with Gasteiger partial charge in [0, 0.05) is 12.6 Å². The number of piperidine rings is 1. The Bertz CT molecular complexity index is 153. The van der Waals surface area contributed by atoms with Crippen molar-refractivity contribution in [3.05, 3.63) is 0 Å². The Balaban J connectivity index is 1.95. The predicted molar refractivity (Wildman–Crippen MR) is 71.9 cm³/mol. The molecule has 0 spiro atoms. The molecule has 0 aliphatic carbocycles. The maximum absolute atomic E-state index is 3.62. The molecule has 1 N–H and O–H groups in total. The summed E-state index contributed by atoms with van der Waals surface area (Å²) in [6, 6.07) is 0.759. The molecular formula is C14H30N2. The number of nitrogens with zero attached hydrogens (tertiary/aromatic N) is 1. The van der Waals surface area contributed by atoms with E-state index in [0.29, 0.717) is 0 Å². The molecule has 0 amide bonds. The first-order chi connectivity index (χ1) is 7.83. The van der Waals surface area contributed by atoms with Gasteiger partial charge >= 0.3 is 0 Å². The van der Waals surface area contributed by atoms with E-state index >= 15 is 0 Å². The van der Waals surface area contributed by atoms with E-state index < -0.39 is 0 Å². The number of rotatable bonds is 8. The second-order valence-corrected chi connectivity index (χ2v) is 5.32. The lowest BCUT2D eigenvalue weighted by molar-refractivity contribution is 0.258. The number of nitrogens with one attached hydrogen (secondary N) is 1. The van der Waals surface area contributed by atoms with E-state index in [4.69, 9.17) is 0 Å². The van der Waals surface area contributed by atoms with Gasteiger partial charge in [0.05, 0.1) is 0 Å². The highest BCUT2D eigenvalue weighted by molar-refractivity contribution is 4.74. The summed E-state index contributed by atoms with van der Waals surface area (Å²) in [6.07, 6.45) is 11.1. The number of unbranched alkanes of at least 4 members (excludes halogenated alkanes) is 4. The van der Waals surface area contributed by atoms with Crippen molar-refractivity contribution in [1.29, 1.82) is 0 Å². The van der Waals surface area contributed by atoms with Crippen molar-refractivity contribution in [3.8, 4) is 0 Å². The molecule has 1 saturated heterocycles. The SMILES string of the molecule is CCCCCCCN(C)CC1CCCCN1. The summed E-state index contributed by atoms with van der Waals surface area (Å²) < 4.78 is 0. The molecule has 1 aliphatic rings. The van der Waals surface area contributed by atoms with Crippen molar-refractivity contribution in [3.63, 3.8) is 0 Å². The topological polar surface area (TPSA) is 15.3 Å². The fraction of sp³-hybridized carbons (Fsp3) is 1.00. The molecular weight excluding hydrogens is 196 g/mol. The van der Waals surface area contributed by atoms with Crippen LogP contribution in [0.25, 0.3) is 0 Å². The Morgan fingerprint density at radius 2 is 1.94 bits per heavy atom. The molecule has 0 aromatic carbocycles. The summed E-state index contributed by atoms with van der Waals surface area (Å²) in [6.45, 7) is 6.03. The van der Waals surface area contributed by atoms with Crippen LogP contribution < -0.4 is 5.32 Å². The highest BCUT2D eigenvalue weighted by Gasteiger charge is 2.13. The molecule has 1 aliphatic heterocycles. The van der Waals surface area contributed by atoms with Crippen LogP contribution in [0.15, 0.2) is 0 Å². The minimum absolute atomic E-state index is 0.759. The number of hydrogen-bond acceptors (Lipinski definition) is 2. The molecule has 0 bridgehead atoms. The highest BCUT2D eigenvalue weighted by Crippen LogP contribution is 2.09. The molecule has 0 aromatic heterocycles. The van der Waals surface area contributed by atoms with Gasteiger partial charge in [-0.05, 0) is 39.4 Å². The second kappa shape index (κ2) is 9.00. The van der Waals surface area contributed by atoms with Crippen LogP contribution in [0.1, 0.15) is 58.3 Å². The zero-order valence-electron chi connectivity index (χ0n) is 11.3. The largest absolute Gasteiger partial charge is 0.313 e. The van der Waals surface area contributed by atoms with E-state index in [0.717, 1.165) is 6.04 Å². The first-order valence-electron chi connectivity index (χ1n) is 7.25. The number of likely N-dealkylation sites (N-methyl/N-ethyl adjacent to an activating group) is 1. The molecule has 1 rings (SSSR count).